The summed E-state index contributed by atoms with van der Waals surface area (Å²) < 4.78 is 17.8. The number of hydrogen-bond donors (Lipinski definition) is 0. The molecule has 7 heteroatoms. The number of benzene rings is 1. The van der Waals surface area contributed by atoms with Crippen molar-refractivity contribution < 1.29 is 23.5 Å². The van der Waals surface area contributed by atoms with Gasteiger partial charge in [0.2, 0.25) is 5.91 Å². The van der Waals surface area contributed by atoms with Gasteiger partial charge in [-0.15, -0.1) is 0 Å². The first-order valence-corrected chi connectivity index (χ1v) is 9.41. The molecule has 0 bridgehead atoms. The highest BCUT2D eigenvalue weighted by Crippen LogP contribution is 2.24. The minimum absolute atomic E-state index is 0.0509. The molecule has 0 radical (unpaired) electrons. The van der Waals surface area contributed by atoms with E-state index in [4.69, 9.17) is 4.74 Å². The van der Waals surface area contributed by atoms with E-state index in [1.807, 2.05) is 0 Å². The van der Waals surface area contributed by atoms with Crippen LogP contribution in [0.15, 0.2) is 24.3 Å². The zero-order valence-corrected chi connectivity index (χ0v) is 15.5. The Balaban J connectivity index is 1.57. The molecule has 0 spiro atoms. The highest BCUT2D eigenvalue weighted by Gasteiger charge is 2.34. The molecule has 1 aromatic carbocycles. The molecule has 2 saturated heterocycles. The summed E-state index contributed by atoms with van der Waals surface area (Å²) in [7, 11) is 1.38. The summed E-state index contributed by atoms with van der Waals surface area (Å²) in [6.07, 6.45) is 2.75. The Labute approximate surface area is 158 Å². The molecule has 146 valence electrons. The highest BCUT2D eigenvalue weighted by molar-refractivity contribution is 5.94. The number of carbonyl (C=O) groups is 3. The van der Waals surface area contributed by atoms with Gasteiger partial charge in [-0.05, 0) is 49.9 Å². The van der Waals surface area contributed by atoms with E-state index in [0.29, 0.717) is 44.6 Å². The van der Waals surface area contributed by atoms with Crippen molar-refractivity contribution in [1.82, 2.24) is 9.80 Å². The Hall–Kier alpha value is -2.44. The fraction of sp³-hybridized carbons (Fsp3) is 0.550. The number of amides is 2. The van der Waals surface area contributed by atoms with E-state index in [-0.39, 0.29) is 35.4 Å². The molecule has 6 nitrogen and oxygen atoms in total. The third kappa shape index (κ3) is 4.46. The van der Waals surface area contributed by atoms with Crippen LogP contribution in [0, 0.1) is 17.7 Å². The number of esters is 1. The molecule has 0 N–H and O–H groups in total. The Bertz CT molecular complexity index is 698. The number of halogens is 1. The van der Waals surface area contributed by atoms with Crippen LogP contribution in [0.25, 0.3) is 0 Å². The first-order valence-electron chi connectivity index (χ1n) is 9.41. The monoisotopic (exact) mass is 376 g/mol. The molecule has 2 amide bonds. The molecule has 2 aliphatic heterocycles. The fourth-order valence-corrected chi connectivity index (χ4v) is 3.90. The van der Waals surface area contributed by atoms with Crippen LogP contribution in [0.3, 0.4) is 0 Å². The molecule has 3 rings (SSSR count). The smallest absolute Gasteiger partial charge is 0.308 e. The minimum Gasteiger partial charge on any atom is -0.469 e. The van der Waals surface area contributed by atoms with E-state index in [1.165, 1.54) is 31.4 Å². The second-order valence-corrected chi connectivity index (χ2v) is 7.22. The second kappa shape index (κ2) is 8.50. The van der Waals surface area contributed by atoms with Crippen molar-refractivity contribution in [3.8, 4) is 0 Å². The van der Waals surface area contributed by atoms with Gasteiger partial charge in [-0.25, -0.2) is 4.39 Å². The summed E-state index contributed by atoms with van der Waals surface area (Å²) in [6, 6.07) is 5.48. The van der Waals surface area contributed by atoms with Gasteiger partial charge in [0.05, 0.1) is 18.9 Å². The lowest BCUT2D eigenvalue weighted by Gasteiger charge is -2.37. The van der Waals surface area contributed by atoms with Gasteiger partial charge in [-0.3, -0.25) is 14.4 Å². The number of nitrogens with zero attached hydrogens (tertiary/aromatic N) is 2. The van der Waals surface area contributed by atoms with Crippen LogP contribution in [0.1, 0.15) is 36.0 Å². The van der Waals surface area contributed by atoms with E-state index < -0.39 is 0 Å². The summed E-state index contributed by atoms with van der Waals surface area (Å²) in [6.45, 7) is 2.07. The Morgan fingerprint density at radius 3 is 2.26 bits per heavy atom. The summed E-state index contributed by atoms with van der Waals surface area (Å²) in [5.41, 5.74) is 0.434. The third-order valence-corrected chi connectivity index (χ3v) is 5.49. The number of carbonyl (C=O) groups excluding carboxylic acids is 3. The summed E-state index contributed by atoms with van der Waals surface area (Å²) >= 11 is 0. The number of rotatable bonds is 3. The van der Waals surface area contributed by atoms with Gasteiger partial charge < -0.3 is 14.5 Å². The van der Waals surface area contributed by atoms with Crippen LogP contribution in [0.4, 0.5) is 4.39 Å². The molecular formula is C20H25FN2O4. The molecular weight excluding hydrogens is 351 g/mol. The zero-order chi connectivity index (χ0) is 19.4. The molecule has 2 aliphatic rings. The Kier molecular flexibility index (Phi) is 6.08. The van der Waals surface area contributed by atoms with Gasteiger partial charge in [0.1, 0.15) is 5.82 Å². The number of hydrogen-bond acceptors (Lipinski definition) is 4. The Morgan fingerprint density at radius 1 is 0.963 bits per heavy atom. The number of methoxy groups -OCH3 is 1. The van der Waals surface area contributed by atoms with Gasteiger partial charge in [0, 0.05) is 31.7 Å². The topological polar surface area (TPSA) is 66.9 Å². The first-order chi connectivity index (χ1) is 13.0. The van der Waals surface area contributed by atoms with Gasteiger partial charge in [0.15, 0.2) is 0 Å². The summed E-state index contributed by atoms with van der Waals surface area (Å²) in [5.74, 6) is -1.07. The second-order valence-electron chi connectivity index (χ2n) is 7.22. The third-order valence-electron chi connectivity index (χ3n) is 5.49. The number of likely N-dealkylation sites (tertiary alicyclic amines) is 2. The lowest BCUT2D eigenvalue weighted by Crippen LogP contribution is -2.49. The van der Waals surface area contributed by atoms with Gasteiger partial charge in [-0.1, -0.05) is 0 Å². The molecule has 1 unspecified atom stereocenters. The van der Waals surface area contributed by atoms with Crippen LogP contribution in [-0.4, -0.2) is 60.9 Å². The van der Waals surface area contributed by atoms with Gasteiger partial charge >= 0.3 is 5.97 Å². The molecule has 27 heavy (non-hydrogen) atoms. The van der Waals surface area contributed by atoms with Crippen LogP contribution in [0.5, 0.6) is 0 Å². The van der Waals surface area contributed by atoms with Gasteiger partial charge in [0.25, 0.3) is 5.91 Å². The van der Waals surface area contributed by atoms with Crippen LogP contribution in [-0.2, 0) is 14.3 Å². The van der Waals surface area contributed by atoms with Crippen molar-refractivity contribution in [2.75, 3.05) is 33.3 Å². The molecule has 2 fully saturated rings. The maximum absolute atomic E-state index is 13.1. The van der Waals surface area contributed by atoms with Crippen LogP contribution >= 0.6 is 0 Å². The van der Waals surface area contributed by atoms with E-state index in [1.54, 1.807) is 9.80 Å². The van der Waals surface area contributed by atoms with E-state index in [0.717, 1.165) is 12.8 Å². The summed E-state index contributed by atoms with van der Waals surface area (Å²) in [4.78, 5) is 40.6. The van der Waals surface area contributed by atoms with Crippen LogP contribution < -0.4 is 0 Å². The average Bonchev–Trinajstić information content (AvgIpc) is 2.73. The molecule has 1 aromatic rings. The van der Waals surface area contributed by atoms with E-state index in [2.05, 4.69) is 0 Å². The number of piperidine rings is 2. The molecule has 0 aliphatic carbocycles. The van der Waals surface area contributed by atoms with Gasteiger partial charge in [-0.2, -0.15) is 0 Å². The van der Waals surface area contributed by atoms with Crippen molar-refractivity contribution in [2.45, 2.75) is 25.7 Å². The average molecular weight is 376 g/mol. The minimum atomic E-state index is -0.381. The van der Waals surface area contributed by atoms with Crippen molar-refractivity contribution in [1.29, 1.82) is 0 Å². The normalized spacial score (nSPS) is 21.0. The van der Waals surface area contributed by atoms with E-state index in [9.17, 15) is 18.8 Å². The Morgan fingerprint density at radius 2 is 1.63 bits per heavy atom. The predicted molar refractivity (Wildman–Crippen MR) is 96.3 cm³/mol. The SMILES string of the molecule is COC(=O)C1CCN(C(=O)C2CCCN(C(=O)c3ccc(F)cc3)C2)CC1. The van der Waals surface area contributed by atoms with Crippen molar-refractivity contribution in [3.05, 3.63) is 35.6 Å². The quantitative estimate of drug-likeness (QED) is 0.758. The largest absolute Gasteiger partial charge is 0.469 e. The molecule has 1 atom stereocenters. The first kappa shape index (κ1) is 19.3. The molecule has 2 heterocycles. The zero-order valence-electron chi connectivity index (χ0n) is 15.5. The maximum atomic E-state index is 13.1. The predicted octanol–water partition coefficient (Wildman–Crippen LogP) is 2.09. The van der Waals surface area contributed by atoms with Crippen molar-refractivity contribution in [2.24, 2.45) is 11.8 Å². The summed E-state index contributed by atoms with van der Waals surface area (Å²) in [5, 5.41) is 0. The van der Waals surface area contributed by atoms with Crippen LogP contribution in [0.2, 0.25) is 0 Å². The molecule has 0 aromatic heterocycles. The lowest BCUT2D eigenvalue weighted by molar-refractivity contribution is -0.150. The van der Waals surface area contributed by atoms with Crippen molar-refractivity contribution >= 4 is 17.8 Å². The fourth-order valence-electron chi connectivity index (χ4n) is 3.90. The lowest BCUT2D eigenvalue weighted by atomic mass is 9.92. The highest BCUT2D eigenvalue weighted by atomic mass is 19.1. The maximum Gasteiger partial charge on any atom is 0.308 e. The molecule has 0 saturated carbocycles. The van der Waals surface area contributed by atoms with Crippen molar-refractivity contribution in [3.63, 3.8) is 0 Å². The van der Waals surface area contributed by atoms with E-state index >= 15 is 0 Å². The standard InChI is InChI=1S/C20H25FN2O4/c1-27-20(26)15-8-11-22(12-9-15)19(25)16-3-2-10-23(13-16)18(24)14-4-6-17(21)7-5-14/h4-7,15-16H,2-3,8-13H2,1H3. The number of ether oxygens (including phenoxy) is 1.